The van der Waals surface area contributed by atoms with Crippen molar-refractivity contribution in [2.24, 2.45) is 0 Å². The van der Waals surface area contributed by atoms with Crippen LogP contribution in [0, 0.1) is 5.82 Å². The van der Waals surface area contributed by atoms with Crippen LogP contribution in [0.15, 0.2) is 24.3 Å². The predicted molar refractivity (Wildman–Crippen MR) is 74.8 cm³/mol. The fraction of sp³-hybridized carbons (Fsp3) is 0.625. The quantitative estimate of drug-likeness (QED) is 0.922. The smallest absolute Gasteiger partial charge is 0.168 e. The lowest BCUT2D eigenvalue weighted by atomic mass is 9.89. The van der Waals surface area contributed by atoms with Gasteiger partial charge in [-0.15, -0.1) is 0 Å². The summed E-state index contributed by atoms with van der Waals surface area (Å²) < 4.78 is 24.7. The summed E-state index contributed by atoms with van der Waals surface area (Å²) in [6.45, 7) is 3.53. The average Bonchev–Trinajstić information content (AvgIpc) is 2.90. The SMILES string of the molecule is C[C@H](NC1CCC2(CC1)OCCO2)c1cccc(F)c1. The van der Waals surface area contributed by atoms with Crippen molar-refractivity contribution < 1.29 is 13.9 Å². The van der Waals surface area contributed by atoms with Gasteiger partial charge in [0.15, 0.2) is 5.79 Å². The molecule has 1 saturated carbocycles. The van der Waals surface area contributed by atoms with Crippen LogP contribution in [0.2, 0.25) is 0 Å². The normalized spacial score (nSPS) is 24.1. The Hall–Kier alpha value is -0.970. The Balaban J connectivity index is 1.54. The topological polar surface area (TPSA) is 30.5 Å². The molecule has 3 nitrogen and oxygen atoms in total. The summed E-state index contributed by atoms with van der Waals surface area (Å²) in [6.07, 6.45) is 3.97. The zero-order valence-electron chi connectivity index (χ0n) is 11.9. The Morgan fingerprint density at radius 1 is 1.25 bits per heavy atom. The van der Waals surface area contributed by atoms with Gasteiger partial charge in [0.05, 0.1) is 13.2 Å². The van der Waals surface area contributed by atoms with Crippen LogP contribution in [0.1, 0.15) is 44.2 Å². The second kappa shape index (κ2) is 5.80. The van der Waals surface area contributed by atoms with Crippen LogP contribution >= 0.6 is 0 Å². The van der Waals surface area contributed by atoms with Crippen molar-refractivity contribution in [3.63, 3.8) is 0 Å². The van der Waals surface area contributed by atoms with Gasteiger partial charge in [-0.25, -0.2) is 4.39 Å². The fourth-order valence-electron chi connectivity index (χ4n) is 3.24. The lowest BCUT2D eigenvalue weighted by Gasteiger charge is -2.36. The molecule has 1 N–H and O–H groups in total. The van der Waals surface area contributed by atoms with Crippen LogP contribution in [-0.2, 0) is 9.47 Å². The number of hydrogen-bond donors (Lipinski definition) is 1. The molecule has 1 atom stereocenters. The Labute approximate surface area is 119 Å². The standard InChI is InChI=1S/C16H22FNO2/c1-12(13-3-2-4-14(17)11-13)18-15-5-7-16(8-6-15)19-9-10-20-16/h2-4,11-12,15,18H,5-10H2,1H3/t12-/m0/s1. The molecule has 1 saturated heterocycles. The molecule has 110 valence electrons. The van der Waals surface area contributed by atoms with Gasteiger partial charge in [0.2, 0.25) is 0 Å². The maximum Gasteiger partial charge on any atom is 0.168 e. The molecular formula is C16H22FNO2. The van der Waals surface area contributed by atoms with Gasteiger partial charge in [-0.2, -0.15) is 0 Å². The van der Waals surface area contributed by atoms with Crippen LogP contribution in [0.25, 0.3) is 0 Å². The molecule has 0 radical (unpaired) electrons. The van der Waals surface area contributed by atoms with E-state index in [1.165, 1.54) is 6.07 Å². The molecule has 1 heterocycles. The van der Waals surface area contributed by atoms with E-state index in [4.69, 9.17) is 9.47 Å². The molecule has 0 unspecified atom stereocenters. The molecule has 1 aromatic carbocycles. The van der Waals surface area contributed by atoms with E-state index in [1.54, 1.807) is 12.1 Å². The molecule has 1 aliphatic heterocycles. The first-order valence-corrected chi connectivity index (χ1v) is 7.46. The van der Waals surface area contributed by atoms with E-state index in [0.29, 0.717) is 6.04 Å². The van der Waals surface area contributed by atoms with Gasteiger partial charge >= 0.3 is 0 Å². The van der Waals surface area contributed by atoms with Crippen molar-refractivity contribution in [1.82, 2.24) is 5.32 Å². The van der Waals surface area contributed by atoms with E-state index in [2.05, 4.69) is 12.2 Å². The maximum absolute atomic E-state index is 13.2. The third kappa shape index (κ3) is 3.03. The van der Waals surface area contributed by atoms with Crippen molar-refractivity contribution in [1.29, 1.82) is 0 Å². The summed E-state index contributed by atoms with van der Waals surface area (Å²) in [5, 5.41) is 3.59. The lowest BCUT2D eigenvalue weighted by Crippen LogP contribution is -2.42. The molecule has 0 aromatic heterocycles. The summed E-state index contributed by atoms with van der Waals surface area (Å²) in [7, 11) is 0. The van der Waals surface area contributed by atoms with Crippen LogP contribution in [0.4, 0.5) is 4.39 Å². The highest BCUT2D eigenvalue weighted by Gasteiger charge is 2.40. The van der Waals surface area contributed by atoms with Crippen LogP contribution in [0.5, 0.6) is 0 Å². The highest BCUT2D eigenvalue weighted by Crippen LogP contribution is 2.36. The molecule has 1 aromatic rings. The predicted octanol–water partition coefficient (Wildman–Crippen LogP) is 3.16. The Bertz CT molecular complexity index is 450. The van der Waals surface area contributed by atoms with Gasteiger partial charge in [-0.05, 0) is 37.5 Å². The molecule has 4 heteroatoms. The number of hydrogen-bond acceptors (Lipinski definition) is 3. The molecule has 1 aliphatic carbocycles. The van der Waals surface area contributed by atoms with Gasteiger partial charge in [0.25, 0.3) is 0 Å². The van der Waals surface area contributed by atoms with Crippen molar-refractivity contribution in [3.05, 3.63) is 35.6 Å². The number of halogens is 1. The third-order valence-corrected chi connectivity index (χ3v) is 4.40. The van der Waals surface area contributed by atoms with E-state index < -0.39 is 0 Å². The molecule has 2 aliphatic rings. The first-order valence-electron chi connectivity index (χ1n) is 7.46. The van der Waals surface area contributed by atoms with Gasteiger partial charge < -0.3 is 14.8 Å². The van der Waals surface area contributed by atoms with Gasteiger partial charge in [0.1, 0.15) is 5.82 Å². The number of rotatable bonds is 3. The van der Waals surface area contributed by atoms with Crippen molar-refractivity contribution in [2.75, 3.05) is 13.2 Å². The second-order valence-corrected chi connectivity index (χ2v) is 5.83. The first kappa shape index (κ1) is 14.0. The van der Waals surface area contributed by atoms with Gasteiger partial charge in [-0.1, -0.05) is 12.1 Å². The summed E-state index contributed by atoms with van der Waals surface area (Å²) in [4.78, 5) is 0. The summed E-state index contributed by atoms with van der Waals surface area (Å²) in [6, 6.07) is 7.43. The monoisotopic (exact) mass is 279 g/mol. The summed E-state index contributed by atoms with van der Waals surface area (Å²) >= 11 is 0. The van der Waals surface area contributed by atoms with Gasteiger partial charge in [0, 0.05) is 24.9 Å². The third-order valence-electron chi connectivity index (χ3n) is 4.40. The zero-order valence-corrected chi connectivity index (χ0v) is 11.9. The molecule has 3 rings (SSSR count). The van der Waals surface area contributed by atoms with Crippen molar-refractivity contribution in [3.8, 4) is 0 Å². The lowest BCUT2D eigenvalue weighted by molar-refractivity contribution is -0.179. The largest absolute Gasteiger partial charge is 0.348 e. The van der Waals surface area contributed by atoms with Gasteiger partial charge in [-0.3, -0.25) is 0 Å². The van der Waals surface area contributed by atoms with E-state index >= 15 is 0 Å². The summed E-state index contributed by atoms with van der Waals surface area (Å²) in [5.41, 5.74) is 0.999. The van der Waals surface area contributed by atoms with E-state index in [9.17, 15) is 4.39 Å². The maximum atomic E-state index is 13.2. The Morgan fingerprint density at radius 3 is 2.60 bits per heavy atom. The minimum absolute atomic E-state index is 0.162. The summed E-state index contributed by atoms with van der Waals surface area (Å²) in [5.74, 6) is -0.480. The highest BCUT2D eigenvalue weighted by atomic mass is 19.1. The van der Waals surface area contributed by atoms with E-state index in [0.717, 1.165) is 44.5 Å². The molecule has 0 amide bonds. The molecule has 1 spiro atoms. The molecular weight excluding hydrogens is 257 g/mol. The highest BCUT2D eigenvalue weighted by molar-refractivity contribution is 5.19. The molecule has 2 fully saturated rings. The fourth-order valence-corrected chi connectivity index (χ4v) is 3.24. The van der Waals surface area contributed by atoms with Crippen LogP contribution in [0.3, 0.4) is 0 Å². The zero-order chi connectivity index (χ0) is 14.0. The number of ether oxygens (including phenoxy) is 2. The van der Waals surface area contributed by atoms with Crippen molar-refractivity contribution in [2.45, 2.75) is 50.5 Å². The Morgan fingerprint density at radius 2 is 1.95 bits per heavy atom. The second-order valence-electron chi connectivity index (χ2n) is 5.83. The Kier molecular flexibility index (Phi) is 4.06. The van der Waals surface area contributed by atoms with E-state index in [-0.39, 0.29) is 17.6 Å². The number of nitrogens with one attached hydrogen (secondary N) is 1. The average molecular weight is 279 g/mol. The van der Waals surface area contributed by atoms with Crippen molar-refractivity contribution >= 4 is 0 Å². The molecule has 20 heavy (non-hydrogen) atoms. The molecule has 0 bridgehead atoms. The van der Waals surface area contributed by atoms with Crippen LogP contribution in [-0.4, -0.2) is 25.0 Å². The first-order chi connectivity index (χ1) is 9.67. The van der Waals surface area contributed by atoms with E-state index in [1.807, 2.05) is 6.07 Å². The number of benzene rings is 1. The minimum Gasteiger partial charge on any atom is -0.348 e. The van der Waals surface area contributed by atoms with Crippen LogP contribution < -0.4 is 5.32 Å². The minimum atomic E-state index is -0.305.